The van der Waals surface area contributed by atoms with Gasteiger partial charge in [-0.3, -0.25) is 9.98 Å². The van der Waals surface area contributed by atoms with Crippen LogP contribution >= 0.6 is 0 Å². The van der Waals surface area contributed by atoms with Crippen LogP contribution in [0.1, 0.15) is 70.2 Å². The maximum absolute atomic E-state index is 4.96. The van der Waals surface area contributed by atoms with Crippen LogP contribution in [0.5, 0.6) is 0 Å². The molecule has 0 aromatic heterocycles. The molecule has 0 fully saturated rings. The Morgan fingerprint density at radius 2 is 0.964 bits per heavy atom. The Balaban J connectivity index is 0.00000392. The first-order valence-electron chi connectivity index (χ1n) is 10.4. The molecule has 0 saturated heterocycles. The molecule has 28 heavy (non-hydrogen) atoms. The molecule has 3 heteroatoms. The SMILES string of the molecule is CCC(=Nc1cc(CC)cc(CC)c1)C(C)=Nc1cc(CC)cc(CC)c1.[Ni]. The first-order chi connectivity index (χ1) is 13.0. The Hall–Kier alpha value is -1.73. The average Bonchev–Trinajstić information content (AvgIpc) is 2.70. The van der Waals surface area contributed by atoms with Crippen LogP contribution in [-0.4, -0.2) is 11.4 Å². The Morgan fingerprint density at radius 1 is 0.607 bits per heavy atom. The van der Waals surface area contributed by atoms with Crippen molar-refractivity contribution >= 4 is 22.8 Å². The number of hydrogen-bond acceptors (Lipinski definition) is 2. The van der Waals surface area contributed by atoms with E-state index in [0.29, 0.717) is 0 Å². The van der Waals surface area contributed by atoms with E-state index in [4.69, 9.17) is 9.98 Å². The Labute approximate surface area is 181 Å². The number of hydrogen-bond donors (Lipinski definition) is 0. The topological polar surface area (TPSA) is 24.7 Å². The smallest absolute Gasteiger partial charge is 0.0639 e. The van der Waals surface area contributed by atoms with Crippen molar-refractivity contribution in [3.8, 4) is 0 Å². The Bertz CT molecular complexity index is 790. The number of benzene rings is 2. The summed E-state index contributed by atoms with van der Waals surface area (Å²) in [6, 6.07) is 13.4. The van der Waals surface area contributed by atoms with E-state index < -0.39 is 0 Å². The van der Waals surface area contributed by atoms with E-state index in [9.17, 15) is 0 Å². The second-order valence-electron chi connectivity index (χ2n) is 7.04. The number of rotatable bonds is 8. The Morgan fingerprint density at radius 3 is 1.29 bits per heavy atom. The average molecular weight is 421 g/mol. The minimum absolute atomic E-state index is 0. The van der Waals surface area contributed by atoms with Crippen molar-refractivity contribution in [3.05, 3.63) is 58.7 Å². The number of aliphatic imine (C=N–C) groups is 2. The van der Waals surface area contributed by atoms with Gasteiger partial charge in [-0.2, -0.15) is 0 Å². The van der Waals surface area contributed by atoms with Gasteiger partial charge in [-0.1, -0.05) is 46.8 Å². The van der Waals surface area contributed by atoms with Gasteiger partial charge in [0.25, 0.3) is 0 Å². The van der Waals surface area contributed by atoms with Crippen molar-refractivity contribution in [1.82, 2.24) is 0 Å². The van der Waals surface area contributed by atoms with Gasteiger partial charge in [0.2, 0.25) is 0 Å². The molecule has 0 amide bonds. The van der Waals surface area contributed by atoms with Gasteiger partial charge in [-0.15, -0.1) is 0 Å². The molecule has 0 unspecified atom stereocenters. The van der Waals surface area contributed by atoms with E-state index in [-0.39, 0.29) is 16.5 Å². The normalized spacial score (nSPS) is 12.1. The summed E-state index contributed by atoms with van der Waals surface area (Å²) >= 11 is 0. The van der Waals surface area contributed by atoms with Crippen LogP contribution in [0.25, 0.3) is 0 Å². The van der Waals surface area contributed by atoms with Crippen LogP contribution in [0.4, 0.5) is 11.4 Å². The van der Waals surface area contributed by atoms with E-state index in [2.05, 4.69) is 77.9 Å². The molecule has 2 nitrogen and oxygen atoms in total. The molecule has 0 aliphatic rings. The molecule has 0 radical (unpaired) electrons. The molecule has 0 bridgehead atoms. The molecule has 154 valence electrons. The molecular formula is C25H34N2Ni. The maximum Gasteiger partial charge on any atom is 0.0639 e. The molecular weight excluding hydrogens is 387 g/mol. The van der Waals surface area contributed by atoms with Gasteiger partial charge in [-0.25, -0.2) is 0 Å². The first kappa shape index (κ1) is 24.3. The fraction of sp³-hybridized carbons (Fsp3) is 0.440. The molecule has 2 aromatic rings. The molecule has 0 spiro atoms. The van der Waals surface area contributed by atoms with Gasteiger partial charge in [0, 0.05) is 16.5 Å². The summed E-state index contributed by atoms with van der Waals surface area (Å²) in [5, 5.41) is 0. The predicted octanol–water partition coefficient (Wildman–Crippen LogP) is 7.21. The minimum atomic E-state index is 0. The predicted molar refractivity (Wildman–Crippen MR) is 121 cm³/mol. The second-order valence-corrected chi connectivity index (χ2v) is 7.04. The van der Waals surface area contributed by atoms with Crippen LogP contribution < -0.4 is 0 Å². The molecule has 2 aromatic carbocycles. The summed E-state index contributed by atoms with van der Waals surface area (Å²) in [5.74, 6) is 0. The Kier molecular flexibility index (Phi) is 10.4. The fourth-order valence-electron chi connectivity index (χ4n) is 3.26. The molecule has 0 atom stereocenters. The van der Waals surface area contributed by atoms with Gasteiger partial charge in [0.05, 0.1) is 22.8 Å². The zero-order chi connectivity index (χ0) is 19.8. The maximum atomic E-state index is 4.96. The van der Waals surface area contributed by atoms with Gasteiger partial charge >= 0.3 is 0 Å². The van der Waals surface area contributed by atoms with E-state index >= 15 is 0 Å². The first-order valence-corrected chi connectivity index (χ1v) is 10.4. The molecule has 0 aliphatic carbocycles. The largest absolute Gasteiger partial charge is 0.252 e. The van der Waals surface area contributed by atoms with Gasteiger partial charge in [0.1, 0.15) is 0 Å². The van der Waals surface area contributed by atoms with Gasteiger partial charge < -0.3 is 0 Å². The number of aryl methyl sites for hydroxylation is 4. The van der Waals surface area contributed by atoms with Crippen molar-refractivity contribution in [2.75, 3.05) is 0 Å². The third-order valence-corrected chi connectivity index (χ3v) is 5.02. The fourth-order valence-corrected chi connectivity index (χ4v) is 3.26. The zero-order valence-electron chi connectivity index (χ0n) is 18.2. The summed E-state index contributed by atoms with van der Waals surface area (Å²) in [6.07, 6.45) is 5.02. The quantitative estimate of drug-likeness (QED) is 0.318. The van der Waals surface area contributed by atoms with Crippen molar-refractivity contribution in [2.24, 2.45) is 9.98 Å². The van der Waals surface area contributed by atoms with Crippen molar-refractivity contribution < 1.29 is 16.5 Å². The minimum Gasteiger partial charge on any atom is -0.252 e. The monoisotopic (exact) mass is 420 g/mol. The van der Waals surface area contributed by atoms with E-state index in [1.54, 1.807) is 0 Å². The summed E-state index contributed by atoms with van der Waals surface area (Å²) in [5.41, 5.74) is 9.55. The van der Waals surface area contributed by atoms with Crippen LogP contribution in [-0.2, 0) is 42.2 Å². The van der Waals surface area contributed by atoms with E-state index in [1.807, 2.05) is 0 Å². The molecule has 0 N–H and O–H groups in total. The van der Waals surface area contributed by atoms with E-state index in [1.165, 1.54) is 22.3 Å². The van der Waals surface area contributed by atoms with Crippen LogP contribution in [0.3, 0.4) is 0 Å². The zero-order valence-corrected chi connectivity index (χ0v) is 19.2. The van der Waals surface area contributed by atoms with Crippen molar-refractivity contribution in [1.29, 1.82) is 0 Å². The van der Waals surface area contributed by atoms with Gasteiger partial charge in [-0.05, 0) is 85.5 Å². The molecule has 0 heterocycles. The van der Waals surface area contributed by atoms with Crippen LogP contribution in [0, 0.1) is 0 Å². The van der Waals surface area contributed by atoms with Crippen molar-refractivity contribution in [3.63, 3.8) is 0 Å². The summed E-state index contributed by atoms with van der Waals surface area (Å²) < 4.78 is 0. The summed E-state index contributed by atoms with van der Waals surface area (Å²) in [4.78, 5) is 9.88. The molecule has 0 aliphatic heterocycles. The van der Waals surface area contributed by atoms with Gasteiger partial charge in [0.15, 0.2) is 0 Å². The van der Waals surface area contributed by atoms with E-state index in [0.717, 1.165) is 54.9 Å². The van der Waals surface area contributed by atoms with Crippen molar-refractivity contribution in [2.45, 2.75) is 73.6 Å². The number of nitrogens with zero attached hydrogens (tertiary/aromatic N) is 2. The summed E-state index contributed by atoms with van der Waals surface area (Å²) in [6.45, 7) is 13.0. The summed E-state index contributed by atoms with van der Waals surface area (Å²) in [7, 11) is 0. The third-order valence-electron chi connectivity index (χ3n) is 5.02. The van der Waals surface area contributed by atoms with Crippen LogP contribution in [0.2, 0.25) is 0 Å². The molecule has 0 saturated carbocycles. The third kappa shape index (κ3) is 6.71. The second kappa shape index (κ2) is 12.0. The van der Waals surface area contributed by atoms with Crippen LogP contribution in [0.15, 0.2) is 46.4 Å². The molecule has 2 rings (SSSR count). The standard InChI is InChI=1S/C25H34N2.Ni/c1-7-19-12-20(8-2)15-23(14-19)26-18(6)25(11-5)27-24-16-21(9-3)13-22(10-4)17-24;/h12-17H,7-11H2,1-6H3;.